The molecule has 0 aliphatic heterocycles. The van der Waals surface area contributed by atoms with Gasteiger partial charge in [0.15, 0.2) is 5.65 Å². The van der Waals surface area contributed by atoms with Crippen LogP contribution in [0.2, 0.25) is 0 Å². The number of aromatic nitrogens is 4. The minimum Gasteiger partial charge on any atom is -0.310 e. The van der Waals surface area contributed by atoms with Crippen LogP contribution in [0.25, 0.3) is 72.3 Å². The number of nitrogens with zero attached hydrogens (tertiary/aromatic N) is 5. The maximum atomic E-state index is 5.56. The molecule has 8 aromatic carbocycles. The lowest BCUT2D eigenvalue weighted by Crippen LogP contribution is -2.09. The second-order valence-electron chi connectivity index (χ2n) is 14.0. The van der Waals surface area contributed by atoms with Crippen molar-refractivity contribution in [2.45, 2.75) is 0 Å². The molecule has 0 amide bonds. The monoisotopic (exact) mass is 717 g/mol. The summed E-state index contributed by atoms with van der Waals surface area (Å²) in [6, 6.07) is 75.3. The van der Waals surface area contributed by atoms with Gasteiger partial charge in [-0.1, -0.05) is 121 Å². The zero-order valence-electron chi connectivity index (χ0n) is 30.4. The molecule has 0 atom stereocenters. The van der Waals surface area contributed by atoms with Crippen LogP contribution in [0.4, 0.5) is 17.1 Å². The molecule has 0 aliphatic carbocycles. The second-order valence-corrected chi connectivity index (χ2v) is 14.0. The first kappa shape index (κ1) is 31.9. The van der Waals surface area contributed by atoms with E-state index in [0.29, 0.717) is 0 Å². The van der Waals surface area contributed by atoms with Crippen LogP contribution in [0.15, 0.2) is 212 Å². The molecule has 0 saturated carbocycles. The van der Waals surface area contributed by atoms with Gasteiger partial charge < -0.3 is 9.47 Å². The van der Waals surface area contributed by atoms with Gasteiger partial charge in [0.2, 0.25) is 0 Å². The third-order valence-corrected chi connectivity index (χ3v) is 10.8. The third kappa shape index (κ3) is 4.99. The van der Waals surface area contributed by atoms with Crippen molar-refractivity contribution in [2.75, 3.05) is 4.90 Å². The van der Waals surface area contributed by atoms with E-state index < -0.39 is 0 Å². The van der Waals surface area contributed by atoms with E-state index in [1.807, 2.05) is 0 Å². The van der Waals surface area contributed by atoms with Gasteiger partial charge in [0, 0.05) is 55.8 Å². The summed E-state index contributed by atoms with van der Waals surface area (Å²) < 4.78 is 7.11. The first-order chi connectivity index (χ1) is 27.8. The van der Waals surface area contributed by atoms with E-state index in [0.717, 1.165) is 84.0 Å². The van der Waals surface area contributed by atoms with Gasteiger partial charge in [-0.2, -0.15) is 0 Å². The van der Waals surface area contributed by atoms with Crippen molar-refractivity contribution in [3.05, 3.63) is 212 Å². The molecule has 264 valence electrons. The van der Waals surface area contributed by atoms with Crippen molar-refractivity contribution >= 4 is 60.9 Å². The zero-order valence-corrected chi connectivity index (χ0v) is 30.4. The van der Waals surface area contributed by atoms with Crippen LogP contribution in [0.5, 0.6) is 0 Å². The molecule has 56 heavy (non-hydrogen) atoms. The predicted molar refractivity (Wildman–Crippen MR) is 232 cm³/mol. The predicted octanol–water partition coefficient (Wildman–Crippen LogP) is 13.2. The molecular weight excluding hydrogens is 683 g/mol. The summed E-state index contributed by atoms with van der Waals surface area (Å²) in [5.74, 6) is 0.900. The van der Waals surface area contributed by atoms with Crippen LogP contribution in [0.3, 0.4) is 0 Å². The quantitative estimate of drug-likeness (QED) is 0.164. The summed E-state index contributed by atoms with van der Waals surface area (Å²) in [7, 11) is 0. The Hall–Kier alpha value is -7.63. The maximum absolute atomic E-state index is 5.56. The van der Waals surface area contributed by atoms with Crippen molar-refractivity contribution in [1.82, 2.24) is 18.7 Å². The highest BCUT2D eigenvalue weighted by Crippen LogP contribution is 2.46. The summed E-state index contributed by atoms with van der Waals surface area (Å²) in [6.45, 7) is 0. The fraction of sp³-hybridized carbons (Fsp3) is 0. The van der Waals surface area contributed by atoms with Gasteiger partial charge in [0.25, 0.3) is 0 Å². The van der Waals surface area contributed by atoms with E-state index in [9.17, 15) is 0 Å². The molecule has 0 spiro atoms. The highest BCUT2D eigenvalue weighted by molar-refractivity contribution is 6.28. The largest absolute Gasteiger partial charge is 0.310 e. The van der Waals surface area contributed by atoms with Gasteiger partial charge >= 0.3 is 0 Å². The summed E-state index contributed by atoms with van der Waals surface area (Å²) in [5.41, 5.74) is 12.9. The standard InChI is InChI=1S/C51H35N5/c1-7-19-36(20-8-1)50-52-51-49(56(50)41-29-17-6-18-30-41)48-46(55(51)40-27-15-5-16-28-40)34-33-45-47(48)43-35-42(31-32-44(43)54(45)39-25-13-4-14-26-39)53(37-21-9-2-10-22-37)38-23-11-3-12-24-38/h1-35H. The number of hydrogen-bond donors (Lipinski definition) is 0. The minimum atomic E-state index is 0.900. The Balaban J connectivity index is 1.34. The topological polar surface area (TPSA) is 30.9 Å². The molecule has 0 bridgehead atoms. The Labute approximate surface area is 324 Å². The van der Waals surface area contributed by atoms with E-state index in [-0.39, 0.29) is 0 Å². The third-order valence-electron chi connectivity index (χ3n) is 10.8. The SMILES string of the molecule is c1ccc(-c2nc3c(c4c5c6cc(N(c7ccccc7)c7ccccc7)ccc6n(-c6ccccc6)c5ccc4n3-c3ccccc3)n2-c2ccccc2)cc1. The maximum Gasteiger partial charge on any atom is 0.165 e. The number of hydrogen-bond acceptors (Lipinski definition) is 2. The molecule has 3 aromatic heterocycles. The Morgan fingerprint density at radius 1 is 0.357 bits per heavy atom. The molecule has 3 heterocycles. The molecule has 5 heteroatoms. The Morgan fingerprint density at radius 3 is 1.36 bits per heavy atom. The van der Waals surface area contributed by atoms with E-state index in [4.69, 9.17) is 4.98 Å². The average Bonchev–Trinajstić information content (AvgIpc) is 3.92. The van der Waals surface area contributed by atoms with E-state index in [1.54, 1.807) is 0 Å². The van der Waals surface area contributed by atoms with Crippen molar-refractivity contribution in [1.29, 1.82) is 0 Å². The van der Waals surface area contributed by atoms with Crippen molar-refractivity contribution in [3.8, 4) is 28.5 Å². The molecule has 0 fully saturated rings. The van der Waals surface area contributed by atoms with E-state index >= 15 is 0 Å². The Bertz CT molecular complexity index is 3110. The fourth-order valence-electron chi connectivity index (χ4n) is 8.46. The molecular formula is C51H35N5. The van der Waals surface area contributed by atoms with Gasteiger partial charge in [0.1, 0.15) is 11.3 Å². The number of imidazole rings is 1. The number of para-hydroxylation sites is 5. The smallest absolute Gasteiger partial charge is 0.165 e. The van der Waals surface area contributed by atoms with E-state index in [2.05, 4.69) is 231 Å². The number of anilines is 3. The van der Waals surface area contributed by atoms with Crippen molar-refractivity contribution in [3.63, 3.8) is 0 Å². The van der Waals surface area contributed by atoms with Crippen LogP contribution in [-0.4, -0.2) is 18.7 Å². The van der Waals surface area contributed by atoms with Crippen LogP contribution in [-0.2, 0) is 0 Å². The molecule has 0 saturated heterocycles. The summed E-state index contributed by atoms with van der Waals surface area (Å²) >= 11 is 0. The number of benzene rings is 8. The van der Waals surface area contributed by atoms with Crippen molar-refractivity contribution < 1.29 is 0 Å². The highest BCUT2D eigenvalue weighted by Gasteiger charge is 2.27. The van der Waals surface area contributed by atoms with Gasteiger partial charge in [-0.05, 0) is 91.0 Å². The lowest BCUT2D eigenvalue weighted by molar-refractivity contribution is 1.10. The van der Waals surface area contributed by atoms with Crippen molar-refractivity contribution in [2.24, 2.45) is 0 Å². The molecule has 0 unspecified atom stereocenters. The molecule has 11 rings (SSSR count). The molecule has 0 aliphatic rings. The fourth-order valence-corrected chi connectivity index (χ4v) is 8.46. The molecule has 5 nitrogen and oxygen atoms in total. The van der Waals surface area contributed by atoms with Gasteiger partial charge in [-0.3, -0.25) is 9.13 Å². The van der Waals surface area contributed by atoms with E-state index in [1.165, 1.54) is 5.39 Å². The van der Waals surface area contributed by atoms with Crippen LogP contribution < -0.4 is 4.90 Å². The Kier molecular flexibility index (Phi) is 7.42. The summed E-state index contributed by atoms with van der Waals surface area (Å²) in [5, 5.41) is 3.50. The van der Waals surface area contributed by atoms with Crippen LogP contribution >= 0.6 is 0 Å². The Morgan fingerprint density at radius 2 is 0.804 bits per heavy atom. The highest BCUT2D eigenvalue weighted by atomic mass is 15.2. The van der Waals surface area contributed by atoms with Crippen LogP contribution in [0, 0.1) is 0 Å². The number of rotatable bonds is 7. The molecule has 11 aromatic rings. The first-order valence-corrected chi connectivity index (χ1v) is 19.0. The van der Waals surface area contributed by atoms with Gasteiger partial charge in [0.05, 0.1) is 16.6 Å². The second kappa shape index (κ2) is 13.0. The number of fused-ring (bicyclic) bond motifs is 7. The first-order valence-electron chi connectivity index (χ1n) is 19.0. The van der Waals surface area contributed by atoms with Gasteiger partial charge in [-0.15, -0.1) is 0 Å². The normalized spacial score (nSPS) is 11.6. The zero-order chi connectivity index (χ0) is 37.0. The lowest BCUT2D eigenvalue weighted by atomic mass is 10.1. The lowest BCUT2D eigenvalue weighted by Gasteiger charge is -2.25. The van der Waals surface area contributed by atoms with Gasteiger partial charge in [-0.25, -0.2) is 4.98 Å². The minimum absolute atomic E-state index is 0.900. The summed E-state index contributed by atoms with van der Waals surface area (Å²) in [4.78, 5) is 7.91. The summed E-state index contributed by atoms with van der Waals surface area (Å²) in [6.07, 6.45) is 0. The molecule has 0 N–H and O–H groups in total. The average molecular weight is 718 g/mol. The molecule has 0 radical (unpaired) electrons. The van der Waals surface area contributed by atoms with Crippen LogP contribution in [0.1, 0.15) is 0 Å².